The molecule has 3 N–H and O–H groups in total. The van der Waals surface area contributed by atoms with Crippen LogP contribution in [0, 0.1) is 0 Å². The molecule has 0 spiro atoms. The molecule has 0 radical (unpaired) electrons. The number of carbonyl (C=O) groups excluding carboxylic acids is 1. The predicted octanol–water partition coefficient (Wildman–Crippen LogP) is 1.79. The van der Waals surface area contributed by atoms with Crippen molar-refractivity contribution in [3.8, 4) is 0 Å². The van der Waals surface area contributed by atoms with Crippen molar-refractivity contribution in [2.45, 2.75) is 11.3 Å². The predicted molar refractivity (Wildman–Crippen MR) is 128 cm³/mol. The summed E-state index contributed by atoms with van der Waals surface area (Å²) in [5.41, 5.74) is 0.183. The lowest BCUT2D eigenvalue weighted by atomic mass is 10.1. The highest BCUT2D eigenvalue weighted by molar-refractivity contribution is 7.89. The van der Waals surface area contributed by atoms with Crippen LogP contribution >= 0.6 is 11.6 Å². The van der Waals surface area contributed by atoms with Gasteiger partial charge in [0, 0.05) is 37.7 Å². The number of sulfonamides is 1. The summed E-state index contributed by atoms with van der Waals surface area (Å²) in [7, 11) is -3.72. The number of fused-ring (bicyclic) bond motifs is 1. The van der Waals surface area contributed by atoms with Crippen molar-refractivity contribution >= 4 is 44.1 Å². The molecule has 4 rings (SSSR count). The maximum atomic E-state index is 12.6. The fourth-order valence-electron chi connectivity index (χ4n) is 3.59. The Kier molecular flexibility index (Phi) is 7.39. The van der Waals surface area contributed by atoms with Gasteiger partial charge in [0.05, 0.1) is 4.90 Å². The van der Waals surface area contributed by atoms with Crippen molar-refractivity contribution in [2.75, 3.05) is 44.2 Å². The van der Waals surface area contributed by atoms with E-state index >= 15 is 0 Å². The monoisotopic (exact) mass is 488 g/mol. The van der Waals surface area contributed by atoms with Crippen LogP contribution in [-0.4, -0.2) is 63.8 Å². The van der Waals surface area contributed by atoms with Gasteiger partial charge in [-0.2, -0.15) is 0 Å². The molecule has 11 heteroatoms. The van der Waals surface area contributed by atoms with Gasteiger partial charge in [-0.15, -0.1) is 10.2 Å². The summed E-state index contributed by atoms with van der Waals surface area (Å²) >= 11 is 5.97. The smallest absolute Gasteiger partial charge is 0.271 e. The van der Waals surface area contributed by atoms with Crippen LogP contribution in [0.5, 0.6) is 0 Å². The quantitative estimate of drug-likeness (QED) is 0.434. The van der Waals surface area contributed by atoms with E-state index in [1.807, 2.05) is 0 Å². The third-order valence-corrected chi connectivity index (χ3v) is 7.03. The van der Waals surface area contributed by atoms with Gasteiger partial charge >= 0.3 is 0 Å². The fraction of sp³-hybridized carbons (Fsp3) is 0.318. The third kappa shape index (κ3) is 5.97. The van der Waals surface area contributed by atoms with Crippen LogP contribution in [-0.2, 0) is 10.0 Å². The number of rotatable bonds is 7. The summed E-state index contributed by atoms with van der Waals surface area (Å²) in [5.74, 6) is 0.328. The van der Waals surface area contributed by atoms with E-state index in [0.29, 0.717) is 5.02 Å². The number of benzene rings is 2. The first-order chi connectivity index (χ1) is 15.9. The zero-order valence-electron chi connectivity index (χ0n) is 17.9. The summed E-state index contributed by atoms with van der Waals surface area (Å²) in [6.45, 7) is 3.74. The van der Waals surface area contributed by atoms with E-state index in [4.69, 9.17) is 11.6 Å². The Morgan fingerprint density at radius 2 is 1.82 bits per heavy atom. The summed E-state index contributed by atoms with van der Waals surface area (Å²) in [6, 6.07) is 13.5. The Bertz CT molecular complexity index is 1230. The Hall–Kier alpha value is -2.79. The van der Waals surface area contributed by atoms with Crippen LogP contribution < -0.4 is 20.3 Å². The van der Waals surface area contributed by atoms with Crippen molar-refractivity contribution < 1.29 is 13.2 Å². The fourth-order valence-corrected chi connectivity index (χ4v) is 4.83. The van der Waals surface area contributed by atoms with Gasteiger partial charge in [0.25, 0.3) is 5.91 Å². The molecule has 174 valence electrons. The topological polar surface area (TPSA) is 116 Å². The Morgan fingerprint density at radius 1 is 1.00 bits per heavy atom. The van der Waals surface area contributed by atoms with E-state index in [0.717, 1.165) is 49.2 Å². The van der Waals surface area contributed by atoms with Crippen LogP contribution in [0.25, 0.3) is 10.8 Å². The van der Waals surface area contributed by atoms with Gasteiger partial charge in [-0.05, 0) is 60.1 Å². The molecule has 1 amide bonds. The molecule has 1 saturated heterocycles. The van der Waals surface area contributed by atoms with E-state index in [-0.39, 0.29) is 23.7 Å². The minimum absolute atomic E-state index is 0.0407. The summed E-state index contributed by atoms with van der Waals surface area (Å²) < 4.78 is 27.7. The van der Waals surface area contributed by atoms with Gasteiger partial charge in [0.15, 0.2) is 11.5 Å². The van der Waals surface area contributed by atoms with Crippen molar-refractivity contribution in [3.63, 3.8) is 0 Å². The number of aromatic nitrogens is 2. The van der Waals surface area contributed by atoms with Crippen molar-refractivity contribution in [1.29, 1.82) is 0 Å². The molecular weight excluding hydrogens is 464 g/mol. The molecule has 33 heavy (non-hydrogen) atoms. The lowest BCUT2D eigenvalue weighted by Crippen LogP contribution is -2.35. The number of nitrogens with zero attached hydrogens (tertiary/aromatic N) is 3. The van der Waals surface area contributed by atoms with Crippen molar-refractivity contribution in [1.82, 2.24) is 25.6 Å². The number of carbonyl (C=O) groups is 1. The number of hydrogen-bond donors (Lipinski definition) is 3. The Labute approximate surface area is 197 Å². The van der Waals surface area contributed by atoms with Crippen LogP contribution in [0.1, 0.15) is 16.9 Å². The molecule has 3 aromatic rings. The average molecular weight is 489 g/mol. The highest BCUT2D eigenvalue weighted by Gasteiger charge is 2.16. The highest BCUT2D eigenvalue weighted by Crippen LogP contribution is 2.22. The van der Waals surface area contributed by atoms with Gasteiger partial charge in [-0.3, -0.25) is 4.79 Å². The molecule has 1 aromatic heterocycles. The maximum Gasteiger partial charge on any atom is 0.271 e. The van der Waals surface area contributed by atoms with Crippen LogP contribution in [0.3, 0.4) is 0 Å². The Balaban J connectivity index is 1.29. The highest BCUT2D eigenvalue weighted by atomic mass is 35.5. The molecule has 0 bridgehead atoms. The number of amides is 1. The first-order valence-electron chi connectivity index (χ1n) is 10.7. The van der Waals surface area contributed by atoms with Gasteiger partial charge in [0.1, 0.15) is 0 Å². The second-order valence-electron chi connectivity index (χ2n) is 7.67. The van der Waals surface area contributed by atoms with E-state index in [9.17, 15) is 13.2 Å². The number of halogens is 1. The third-order valence-electron chi connectivity index (χ3n) is 5.33. The standard InChI is InChI=1S/C22H25ClN6O3S/c23-18-4-2-17-15-19(5-3-16(17)14-18)33(31,32)26-10-9-25-22(30)20-6-7-21(28-27-20)29-12-1-8-24-11-13-29/h2-7,14-15,24,26H,1,8-13H2,(H,25,30). The van der Waals surface area contributed by atoms with E-state index in [1.54, 1.807) is 42.5 Å². The van der Waals surface area contributed by atoms with E-state index < -0.39 is 15.9 Å². The van der Waals surface area contributed by atoms with Crippen LogP contribution in [0.15, 0.2) is 53.4 Å². The zero-order chi connectivity index (χ0) is 23.3. The number of nitrogens with one attached hydrogen (secondary N) is 3. The SMILES string of the molecule is O=C(NCCNS(=O)(=O)c1ccc2cc(Cl)ccc2c1)c1ccc(N2CCCNCC2)nn1. The molecule has 1 fully saturated rings. The molecule has 2 heterocycles. The van der Waals surface area contributed by atoms with Crippen LogP contribution in [0.4, 0.5) is 5.82 Å². The largest absolute Gasteiger partial charge is 0.354 e. The molecule has 0 saturated carbocycles. The minimum atomic E-state index is -3.72. The molecular formula is C22H25ClN6O3S. The van der Waals surface area contributed by atoms with Gasteiger partial charge in [0.2, 0.25) is 10.0 Å². The molecule has 1 aliphatic rings. The molecule has 1 aliphatic heterocycles. The summed E-state index contributed by atoms with van der Waals surface area (Å²) in [4.78, 5) is 14.6. The van der Waals surface area contributed by atoms with Crippen LogP contribution in [0.2, 0.25) is 5.02 Å². The summed E-state index contributed by atoms with van der Waals surface area (Å²) in [6.07, 6.45) is 1.02. The first kappa shape index (κ1) is 23.4. The minimum Gasteiger partial charge on any atom is -0.354 e. The molecule has 0 atom stereocenters. The first-order valence-corrected chi connectivity index (χ1v) is 12.6. The summed E-state index contributed by atoms with van der Waals surface area (Å²) in [5, 5.41) is 16.4. The van der Waals surface area contributed by atoms with Gasteiger partial charge in [-0.1, -0.05) is 23.7 Å². The second-order valence-corrected chi connectivity index (χ2v) is 9.88. The molecule has 9 nitrogen and oxygen atoms in total. The number of anilines is 1. The molecule has 2 aromatic carbocycles. The van der Waals surface area contributed by atoms with E-state index in [1.165, 1.54) is 6.07 Å². The van der Waals surface area contributed by atoms with Gasteiger partial charge < -0.3 is 15.5 Å². The Morgan fingerprint density at radius 3 is 2.64 bits per heavy atom. The van der Waals surface area contributed by atoms with Crippen molar-refractivity contribution in [3.05, 3.63) is 59.2 Å². The number of hydrogen-bond acceptors (Lipinski definition) is 7. The maximum absolute atomic E-state index is 12.6. The van der Waals surface area contributed by atoms with Gasteiger partial charge in [-0.25, -0.2) is 13.1 Å². The average Bonchev–Trinajstić information content (AvgIpc) is 3.11. The van der Waals surface area contributed by atoms with E-state index in [2.05, 4.69) is 30.5 Å². The van der Waals surface area contributed by atoms with Crippen molar-refractivity contribution in [2.24, 2.45) is 0 Å². The lowest BCUT2D eigenvalue weighted by molar-refractivity contribution is 0.0948. The molecule has 0 aliphatic carbocycles. The zero-order valence-corrected chi connectivity index (χ0v) is 19.5. The lowest BCUT2D eigenvalue weighted by Gasteiger charge is -2.20. The second kappa shape index (κ2) is 10.4. The normalized spacial score (nSPS) is 14.8. The molecule has 0 unspecified atom stereocenters.